The summed E-state index contributed by atoms with van der Waals surface area (Å²) in [4.78, 5) is 29.3. The van der Waals surface area contributed by atoms with E-state index in [1.165, 1.54) is 0 Å². The van der Waals surface area contributed by atoms with Crippen LogP contribution in [0.3, 0.4) is 0 Å². The minimum Gasteiger partial charge on any atom is -0.461 e. The summed E-state index contributed by atoms with van der Waals surface area (Å²) >= 11 is 0. The Morgan fingerprint density at radius 3 is 2.59 bits per heavy atom. The van der Waals surface area contributed by atoms with Crippen LogP contribution in [0.1, 0.15) is 42.7 Å². The lowest BCUT2D eigenvalue weighted by Crippen LogP contribution is -2.29. The summed E-state index contributed by atoms with van der Waals surface area (Å²) < 4.78 is 5.49. The van der Waals surface area contributed by atoms with E-state index in [1.807, 2.05) is 55.6 Å². The Morgan fingerprint density at radius 2 is 1.84 bits per heavy atom. The third kappa shape index (κ3) is 5.32. The van der Waals surface area contributed by atoms with Crippen molar-refractivity contribution >= 4 is 28.3 Å². The van der Waals surface area contributed by atoms with Gasteiger partial charge < -0.3 is 15.4 Å². The Hall–Kier alpha value is -3.25. The predicted molar refractivity (Wildman–Crippen MR) is 125 cm³/mol. The number of carbonyl (C=O) groups is 2. The number of hydrogen-bond acceptors (Lipinski definition) is 5. The van der Waals surface area contributed by atoms with Crippen molar-refractivity contribution in [2.45, 2.75) is 38.2 Å². The summed E-state index contributed by atoms with van der Waals surface area (Å²) in [7, 11) is 1.83. The zero-order valence-electron chi connectivity index (χ0n) is 18.3. The molecule has 1 saturated carbocycles. The molecule has 0 aliphatic heterocycles. The number of likely N-dealkylation sites (N-methyl/N-ethyl adjacent to an activating group) is 1. The highest BCUT2D eigenvalue weighted by Gasteiger charge is 2.24. The highest BCUT2D eigenvalue weighted by molar-refractivity contribution is 5.98. The highest BCUT2D eigenvalue weighted by Crippen LogP contribution is 2.26. The van der Waals surface area contributed by atoms with E-state index in [1.54, 1.807) is 12.4 Å². The van der Waals surface area contributed by atoms with E-state index in [-0.39, 0.29) is 30.3 Å². The molecule has 166 valence electrons. The molecule has 6 heteroatoms. The lowest BCUT2D eigenvalue weighted by Gasteiger charge is -2.18. The molecule has 1 aliphatic rings. The van der Waals surface area contributed by atoms with Gasteiger partial charge in [-0.1, -0.05) is 43.2 Å². The van der Waals surface area contributed by atoms with E-state index in [0.29, 0.717) is 6.54 Å². The molecular formula is C26H29N3O3. The Balaban J connectivity index is 1.40. The molecule has 4 rings (SSSR count). The van der Waals surface area contributed by atoms with Gasteiger partial charge in [-0.15, -0.1) is 0 Å². The summed E-state index contributed by atoms with van der Waals surface area (Å²) in [5.74, 6) is -0.453. The number of hydrogen-bond donors (Lipinski definition) is 2. The number of ether oxygens (including phenoxy) is 1. The molecule has 2 N–H and O–H groups in total. The molecule has 0 saturated heterocycles. The molecular weight excluding hydrogens is 402 g/mol. The normalized spacial score (nSPS) is 14.9. The first-order valence-electron chi connectivity index (χ1n) is 11.2. The molecule has 2 aromatic carbocycles. The Morgan fingerprint density at radius 1 is 1.06 bits per heavy atom. The summed E-state index contributed by atoms with van der Waals surface area (Å²) in [6.45, 7) is 0.782. The average molecular weight is 432 g/mol. The topological polar surface area (TPSA) is 80.3 Å². The second kappa shape index (κ2) is 10.4. The quantitative estimate of drug-likeness (QED) is 0.517. The monoisotopic (exact) mass is 431 g/mol. The van der Waals surface area contributed by atoms with Gasteiger partial charge in [0.2, 0.25) is 5.91 Å². The summed E-state index contributed by atoms with van der Waals surface area (Å²) in [5.41, 5.74) is 2.59. The minimum atomic E-state index is -0.344. The molecule has 32 heavy (non-hydrogen) atoms. The van der Waals surface area contributed by atoms with E-state index < -0.39 is 0 Å². The number of anilines is 1. The number of fused-ring (bicyclic) bond motifs is 1. The van der Waals surface area contributed by atoms with Crippen LogP contribution in [0.5, 0.6) is 0 Å². The van der Waals surface area contributed by atoms with Gasteiger partial charge in [-0.05, 0) is 54.6 Å². The van der Waals surface area contributed by atoms with Crippen molar-refractivity contribution in [2.24, 2.45) is 5.92 Å². The number of benzene rings is 2. The minimum absolute atomic E-state index is 0.0596. The summed E-state index contributed by atoms with van der Waals surface area (Å²) in [5, 5.41) is 8.20. The van der Waals surface area contributed by atoms with Gasteiger partial charge in [0, 0.05) is 30.0 Å². The average Bonchev–Trinajstić information content (AvgIpc) is 3.36. The van der Waals surface area contributed by atoms with Crippen LogP contribution in [0.4, 0.5) is 5.69 Å². The highest BCUT2D eigenvalue weighted by atomic mass is 16.5. The fourth-order valence-electron chi connectivity index (χ4n) is 4.24. The van der Waals surface area contributed by atoms with E-state index in [0.717, 1.165) is 53.3 Å². The first-order valence-corrected chi connectivity index (χ1v) is 11.2. The molecule has 0 radical (unpaired) electrons. The number of nitrogens with one attached hydrogen (secondary N) is 2. The number of aromatic nitrogens is 1. The molecule has 0 bridgehead atoms. The second-order valence-corrected chi connectivity index (χ2v) is 8.37. The summed E-state index contributed by atoms with van der Waals surface area (Å²) in [6, 6.07) is 15.4. The number of nitrogens with zero attached hydrogens (tertiary/aromatic N) is 1. The number of amides is 1. The second-order valence-electron chi connectivity index (χ2n) is 8.37. The molecule has 6 nitrogen and oxygen atoms in total. The molecule has 1 heterocycles. The van der Waals surface area contributed by atoms with Gasteiger partial charge in [-0.25, -0.2) is 0 Å². The molecule has 1 unspecified atom stereocenters. The van der Waals surface area contributed by atoms with Crippen molar-refractivity contribution in [3.8, 4) is 0 Å². The maximum Gasteiger partial charge on any atom is 0.309 e. The molecule has 1 aromatic heterocycles. The van der Waals surface area contributed by atoms with Crippen molar-refractivity contribution < 1.29 is 14.3 Å². The Labute approximate surface area is 188 Å². The predicted octanol–water partition coefficient (Wildman–Crippen LogP) is 4.41. The largest absolute Gasteiger partial charge is 0.461 e. The maximum atomic E-state index is 13.1. The Kier molecular flexibility index (Phi) is 7.12. The third-order valence-electron chi connectivity index (χ3n) is 6.08. The maximum absolute atomic E-state index is 13.1. The van der Waals surface area contributed by atoms with Gasteiger partial charge in [0.05, 0.1) is 11.8 Å². The molecule has 1 atom stereocenters. The third-order valence-corrected chi connectivity index (χ3v) is 6.08. The molecule has 1 fully saturated rings. The fourth-order valence-corrected chi connectivity index (χ4v) is 4.24. The lowest BCUT2D eigenvalue weighted by molar-refractivity contribution is -0.149. The van der Waals surface area contributed by atoms with Gasteiger partial charge in [-0.3, -0.25) is 14.6 Å². The van der Waals surface area contributed by atoms with Gasteiger partial charge in [0.1, 0.15) is 6.61 Å². The molecule has 1 aliphatic carbocycles. The van der Waals surface area contributed by atoms with Gasteiger partial charge in [-0.2, -0.15) is 0 Å². The van der Waals surface area contributed by atoms with Gasteiger partial charge in [0.25, 0.3) is 0 Å². The lowest BCUT2D eigenvalue weighted by atomic mass is 9.96. The number of rotatable bonds is 8. The fraction of sp³-hybridized carbons (Fsp3) is 0.346. The van der Waals surface area contributed by atoms with E-state index in [2.05, 4.69) is 15.6 Å². The van der Waals surface area contributed by atoms with Crippen LogP contribution in [0, 0.1) is 5.92 Å². The van der Waals surface area contributed by atoms with Crippen molar-refractivity contribution in [1.29, 1.82) is 0 Å². The van der Waals surface area contributed by atoms with Crippen LogP contribution in [0.15, 0.2) is 60.9 Å². The molecule has 3 aromatic rings. The van der Waals surface area contributed by atoms with Crippen LogP contribution < -0.4 is 10.6 Å². The molecule has 1 amide bonds. The first kappa shape index (κ1) is 22.0. The number of carbonyl (C=O) groups excluding carboxylic acids is 2. The van der Waals surface area contributed by atoms with Crippen molar-refractivity contribution in [3.05, 3.63) is 72.1 Å². The molecule has 0 spiro atoms. The standard InChI is InChI=1S/C26H29N3O3/c1-27-16-24(25(30)29-23-11-10-22-15-28-13-12-21(22)14-23)19-8-6-18(7-9-19)17-32-26(31)20-4-2-3-5-20/h6-15,20,24,27H,2-5,16-17H2,1H3,(H,29,30). The van der Waals surface area contributed by atoms with Crippen LogP contribution in [-0.2, 0) is 20.9 Å². The van der Waals surface area contributed by atoms with Crippen LogP contribution in [-0.4, -0.2) is 30.5 Å². The zero-order chi connectivity index (χ0) is 22.3. The summed E-state index contributed by atoms with van der Waals surface area (Å²) in [6.07, 6.45) is 7.64. The SMILES string of the molecule is CNCC(C(=O)Nc1ccc2cnccc2c1)c1ccc(COC(=O)C2CCCC2)cc1. The Bertz CT molecular complexity index is 1080. The van der Waals surface area contributed by atoms with E-state index >= 15 is 0 Å². The van der Waals surface area contributed by atoms with Crippen LogP contribution in [0.25, 0.3) is 10.8 Å². The van der Waals surface area contributed by atoms with Crippen molar-refractivity contribution in [3.63, 3.8) is 0 Å². The smallest absolute Gasteiger partial charge is 0.309 e. The number of esters is 1. The van der Waals surface area contributed by atoms with E-state index in [9.17, 15) is 9.59 Å². The van der Waals surface area contributed by atoms with Gasteiger partial charge >= 0.3 is 5.97 Å². The first-order chi connectivity index (χ1) is 15.6. The van der Waals surface area contributed by atoms with Gasteiger partial charge in [0.15, 0.2) is 0 Å². The van der Waals surface area contributed by atoms with Crippen molar-refractivity contribution in [2.75, 3.05) is 18.9 Å². The zero-order valence-corrected chi connectivity index (χ0v) is 18.3. The van der Waals surface area contributed by atoms with E-state index in [4.69, 9.17) is 4.74 Å². The van der Waals surface area contributed by atoms with Crippen LogP contribution in [0.2, 0.25) is 0 Å². The van der Waals surface area contributed by atoms with Crippen molar-refractivity contribution in [1.82, 2.24) is 10.3 Å². The number of pyridine rings is 1. The van der Waals surface area contributed by atoms with Crippen LogP contribution >= 0.6 is 0 Å².